The highest BCUT2D eigenvalue weighted by Gasteiger charge is 2.23. The van der Waals surface area contributed by atoms with E-state index in [1.165, 1.54) is 37.4 Å². The zero-order chi connectivity index (χ0) is 18.6. The Bertz CT molecular complexity index is 897. The number of rotatable bonds is 6. The standard InChI is InChI=1S/C16H17N3O5S/c1-12-8-9-13(10-15(12)19(21)22)17-16(20)11-18(2)25(23,24)14-6-4-3-5-7-14/h3-10H,11H2,1-2H3,(H,17,20). The van der Waals surface area contributed by atoms with Gasteiger partial charge in [0.25, 0.3) is 5.69 Å². The van der Waals surface area contributed by atoms with E-state index in [0.717, 1.165) is 4.31 Å². The van der Waals surface area contributed by atoms with Crippen LogP contribution in [0.15, 0.2) is 53.4 Å². The van der Waals surface area contributed by atoms with Crippen molar-refractivity contribution < 1.29 is 18.1 Å². The van der Waals surface area contributed by atoms with Crippen molar-refractivity contribution in [3.8, 4) is 0 Å². The molecule has 2 aromatic carbocycles. The van der Waals surface area contributed by atoms with Gasteiger partial charge in [-0.25, -0.2) is 8.42 Å². The van der Waals surface area contributed by atoms with Crippen molar-refractivity contribution in [3.63, 3.8) is 0 Å². The van der Waals surface area contributed by atoms with Crippen LogP contribution in [0.4, 0.5) is 11.4 Å². The monoisotopic (exact) mass is 363 g/mol. The van der Waals surface area contributed by atoms with Gasteiger partial charge in [0.1, 0.15) is 0 Å². The molecule has 1 N–H and O–H groups in total. The summed E-state index contributed by atoms with van der Waals surface area (Å²) in [6.45, 7) is 1.17. The van der Waals surface area contributed by atoms with Crippen molar-refractivity contribution in [2.24, 2.45) is 0 Å². The Hall–Kier alpha value is -2.78. The molecule has 132 valence electrons. The van der Waals surface area contributed by atoms with Gasteiger partial charge in [0, 0.05) is 24.4 Å². The minimum atomic E-state index is -3.79. The van der Waals surface area contributed by atoms with E-state index in [1.807, 2.05) is 0 Å². The maximum absolute atomic E-state index is 12.4. The number of aryl methyl sites for hydroxylation is 1. The number of nitro benzene ring substituents is 1. The Morgan fingerprint density at radius 2 is 1.84 bits per heavy atom. The van der Waals surface area contributed by atoms with Crippen LogP contribution in [0.25, 0.3) is 0 Å². The van der Waals surface area contributed by atoms with E-state index in [2.05, 4.69) is 5.32 Å². The van der Waals surface area contributed by atoms with Crippen LogP contribution < -0.4 is 5.32 Å². The molecule has 0 aliphatic rings. The molecule has 1 amide bonds. The first-order chi connectivity index (χ1) is 11.7. The maximum Gasteiger partial charge on any atom is 0.274 e. The SMILES string of the molecule is Cc1ccc(NC(=O)CN(C)S(=O)(=O)c2ccccc2)cc1[N+](=O)[O-]. The minimum Gasteiger partial charge on any atom is -0.325 e. The van der Waals surface area contributed by atoms with Gasteiger partial charge < -0.3 is 5.32 Å². The average molecular weight is 363 g/mol. The number of carbonyl (C=O) groups excluding carboxylic acids is 1. The number of anilines is 1. The van der Waals surface area contributed by atoms with E-state index in [0.29, 0.717) is 5.56 Å². The van der Waals surface area contributed by atoms with Crippen LogP contribution >= 0.6 is 0 Å². The largest absolute Gasteiger partial charge is 0.325 e. The number of carbonyl (C=O) groups is 1. The van der Waals surface area contributed by atoms with Gasteiger partial charge >= 0.3 is 0 Å². The van der Waals surface area contributed by atoms with Gasteiger partial charge in [0.2, 0.25) is 15.9 Å². The molecule has 8 nitrogen and oxygen atoms in total. The highest BCUT2D eigenvalue weighted by molar-refractivity contribution is 7.89. The molecular weight excluding hydrogens is 346 g/mol. The van der Waals surface area contributed by atoms with E-state index in [1.54, 1.807) is 25.1 Å². The minimum absolute atomic E-state index is 0.0799. The molecule has 0 unspecified atom stereocenters. The molecular formula is C16H17N3O5S. The second-order valence-electron chi connectivity index (χ2n) is 5.38. The summed E-state index contributed by atoms with van der Waals surface area (Å²) in [6, 6.07) is 12.0. The number of nitro groups is 1. The summed E-state index contributed by atoms with van der Waals surface area (Å²) in [7, 11) is -2.50. The molecule has 0 atom stereocenters. The molecule has 0 aliphatic heterocycles. The van der Waals surface area contributed by atoms with Crippen LogP contribution in [-0.4, -0.2) is 37.1 Å². The number of sulfonamides is 1. The number of likely N-dealkylation sites (N-methyl/N-ethyl adjacent to an activating group) is 1. The third kappa shape index (κ3) is 4.40. The summed E-state index contributed by atoms with van der Waals surface area (Å²) < 4.78 is 25.6. The highest BCUT2D eigenvalue weighted by Crippen LogP contribution is 2.22. The molecule has 0 saturated carbocycles. The summed E-state index contributed by atoms with van der Waals surface area (Å²) in [5.74, 6) is -0.597. The highest BCUT2D eigenvalue weighted by atomic mass is 32.2. The van der Waals surface area contributed by atoms with E-state index in [4.69, 9.17) is 0 Å². The van der Waals surface area contributed by atoms with E-state index in [9.17, 15) is 23.3 Å². The lowest BCUT2D eigenvalue weighted by Gasteiger charge is -2.17. The lowest BCUT2D eigenvalue weighted by Crippen LogP contribution is -2.34. The van der Waals surface area contributed by atoms with Crippen LogP contribution in [0.1, 0.15) is 5.56 Å². The molecule has 0 aliphatic carbocycles. The first-order valence-corrected chi connectivity index (χ1v) is 8.72. The second-order valence-corrected chi connectivity index (χ2v) is 7.43. The van der Waals surface area contributed by atoms with Gasteiger partial charge in [0.05, 0.1) is 16.4 Å². The van der Waals surface area contributed by atoms with Gasteiger partial charge in [-0.1, -0.05) is 24.3 Å². The molecule has 0 bridgehead atoms. The van der Waals surface area contributed by atoms with Crippen LogP contribution in [0.3, 0.4) is 0 Å². The van der Waals surface area contributed by atoms with E-state index in [-0.39, 0.29) is 16.3 Å². The van der Waals surface area contributed by atoms with Crippen molar-refractivity contribution in [2.45, 2.75) is 11.8 Å². The lowest BCUT2D eigenvalue weighted by atomic mass is 10.2. The fourth-order valence-corrected chi connectivity index (χ4v) is 3.29. The van der Waals surface area contributed by atoms with Crippen molar-refractivity contribution >= 4 is 27.3 Å². The van der Waals surface area contributed by atoms with Crippen molar-refractivity contribution in [1.82, 2.24) is 4.31 Å². The third-order valence-electron chi connectivity index (χ3n) is 3.51. The predicted molar refractivity (Wildman–Crippen MR) is 92.7 cm³/mol. The number of benzene rings is 2. The summed E-state index contributed by atoms with van der Waals surface area (Å²) in [4.78, 5) is 22.5. The zero-order valence-corrected chi connectivity index (χ0v) is 14.5. The molecule has 0 radical (unpaired) electrons. The van der Waals surface area contributed by atoms with Crippen molar-refractivity contribution in [3.05, 3.63) is 64.2 Å². The van der Waals surface area contributed by atoms with Gasteiger partial charge in [-0.05, 0) is 25.1 Å². The van der Waals surface area contributed by atoms with Gasteiger partial charge in [-0.15, -0.1) is 0 Å². The Morgan fingerprint density at radius 3 is 2.44 bits per heavy atom. The third-order valence-corrected chi connectivity index (χ3v) is 5.32. The molecule has 0 heterocycles. The Labute approximate surface area is 145 Å². The van der Waals surface area contributed by atoms with Crippen LogP contribution in [-0.2, 0) is 14.8 Å². The zero-order valence-electron chi connectivity index (χ0n) is 13.7. The van der Waals surface area contributed by atoms with Crippen LogP contribution in [0.5, 0.6) is 0 Å². The molecule has 9 heteroatoms. The first-order valence-electron chi connectivity index (χ1n) is 7.28. The first kappa shape index (κ1) is 18.6. The van der Waals surface area contributed by atoms with Gasteiger partial charge in [-0.3, -0.25) is 14.9 Å². The summed E-state index contributed by atoms with van der Waals surface area (Å²) in [5, 5.41) is 13.4. The average Bonchev–Trinajstić information content (AvgIpc) is 2.57. The lowest BCUT2D eigenvalue weighted by molar-refractivity contribution is -0.385. The van der Waals surface area contributed by atoms with Crippen molar-refractivity contribution in [2.75, 3.05) is 18.9 Å². The molecule has 25 heavy (non-hydrogen) atoms. The number of nitrogens with one attached hydrogen (secondary N) is 1. The van der Waals surface area contributed by atoms with E-state index >= 15 is 0 Å². The second kappa shape index (κ2) is 7.41. The Morgan fingerprint density at radius 1 is 1.20 bits per heavy atom. The smallest absolute Gasteiger partial charge is 0.274 e. The molecule has 2 rings (SSSR count). The van der Waals surface area contributed by atoms with Gasteiger partial charge in [0.15, 0.2) is 0 Å². The number of hydrogen-bond donors (Lipinski definition) is 1. The fraction of sp³-hybridized carbons (Fsp3) is 0.188. The molecule has 0 aromatic heterocycles. The summed E-state index contributed by atoms with van der Waals surface area (Å²) in [5.41, 5.74) is 0.572. The number of hydrogen-bond acceptors (Lipinski definition) is 5. The Kier molecular flexibility index (Phi) is 5.50. The normalized spacial score (nSPS) is 11.3. The molecule has 2 aromatic rings. The summed E-state index contributed by atoms with van der Waals surface area (Å²) in [6.07, 6.45) is 0. The van der Waals surface area contributed by atoms with Gasteiger partial charge in [-0.2, -0.15) is 4.31 Å². The summed E-state index contributed by atoms with van der Waals surface area (Å²) >= 11 is 0. The Balaban J connectivity index is 2.10. The number of amides is 1. The van der Waals surface area contributed by atoms with Crippen LogP contribution in [0.2, 0.25) is 0 Å². The molecule has 0 spiro atoms. The fourth-order valence-electron chi connectivity index (χ4n) is 2.14. The molecule has 0 fully saturated rings. The maximum atomic E-state index is 12.4. The van der Waals surface area contributed by atoms with Crippen molar-refractivity contribution in [1.29, 1.82) is 0 Å². The predicted octanol–water partition coefficient (Wildman–Crippen LogP) is 2.16. The quantitative estimate of drug-likeness (QED) is 0.625. The molecule has 0 saturated heterocycles. The van der Waals surface area contributed by atoms with Crippen LogP contribution in [0, 0.1) is 17.0 Å². The van der Waals surface area contributed by atoms with E-state index < -0.39 is 27.4 Å². The number of nitrogens with zero attached hydrogens (tertiary/aromatic N) is 2. The topological polar surface area (TPSA) is 110 Å².